The number of ether oxygens (including phenoxy) is 3. The zero-order valence-electron chi connectivity index (χ0n) is 33.8. The van der Waals surface area contributed by atoms with Crippen LogP contribution in [0.4, 0.5) is 15.2 Å². The number of esters is 3. The highest BCUT2D eigenvalue weighted by Crippen LogP contribution is 2.41. The lowest BCUT2D eigenvalue weighted by molar-refractivity contribution is -0.152. The Balaban J connectivity index is 0.939. The smallest absolute Gasteiger partial charge is 0.355 e. The number of nitrogens with zero attached hydrogens (tertiary/aromatic N) is 5. The topological polar surface area (TPSA) is 234 Å². The molecule has 3 atom stereocenters. The molecular formula is C40H46FN7O11S2. The van der Waals surface area contributed by atoms with Crippen LogP contribution >= 0.6 is 23.1 Å². The number of nitrogens with one attached hydrogen (secondary N) is 1. The molecule has 0 spiro atoms. The third kappa shape index (κ3) is 8.94. The Bertz CT molecular complexity index is 2380. The third-order valence-electron chi connectivity index (χ3n) is 11.0. The molecule has 4 aliphatic heterocycles. The van der Waals surface area contributed by atoms with E-state index in [9.17, 15) is 33.9 Å². The average Bonchev–Trinajstić information content (AvgIpc) is 3.67. The summed E-state index contributed by atoms with van der Waals surface area (Å²) in [6.07, 6.45) is 4.60. The Labute approximate surface area is 357 Å². The zero-order valence-corrected chi connectivity index (χ0v) is 35.4. The molecule has 61 heavy (non-hydrogen) atoms. The summed E-state index contributed by atoms with van der Waals surface area (Å²) in [6.45, 7) is 3.88. The summed E-state index contributed by atoms with van der Waals surface area (Å²) in [6, 6.07) is 0.131. The minimum atomic E-state index is -1.03. The van der Waals surface area contributed by atoms with Crippen LogP contribution in [-0.4, -0.2) is 118 Å². The second-order valence-corrected chi connectivity index (χ2v) is 17.1. The first-order valence-corrected chi connectivity index (χ1v) is 21.8. The van der Waals surface area contributed by atoms with E-state index in [1.807, 2.05) is 16.4 Å². The van der Waals surface area contributed by atoms with Crippen molar-refractivity contribution in [1.82, 2.24) is 19.8 Å². The number of fused-ring (bicyclic) bond motifs is 1. The number of thioether (sulfide) groups is 1. The number of pyridine rings is 1. The van der Waals surface area contributed by atoms with E-state index < -0.39 is 58.5 Å². The molecule has 3 aromatic rings. The fourth-order valence-corrected chi connectivity index (χ4v) is 9.82. The average molecular weight is 884 g/mol. The van der Waals surface area contributed by atoms with Gasteiger partial charge < -0.3 is 44.7 Å². The van der Waals surface area contributed by atoms with Crippen molar-refractivity contribution in [3.8, 4) is 0 Å². The van der Waals surface area contributed by atoms with E-state index >= 15 is 4.39 Å². The van der Waals surface area contributed by atoms with Crippen molar-refractivity contribution in [1.29, 1.82) is 0 Å². The molecule has 2 amide bonds. The number of hydrogen-bond acceptors (Lipinski definition) is 17. The fourth-order valence-electron chi connectivity index (χ4n) is 7.94. The second kappa shape index (κ2) is 18.6. The molecule has 6 heterocycles. The number of thiazole rings is 1. The fraction of sp³-hybridized carbons (Fsp3) is 0.500. The van der Waals surface area contributed by atoms with Gasteiger partial charge in [0.2, 0.25) is 5.43 Å². The first-order valence-electron chi connectivity index (χ1n) is 19.9. The van der Waals surface area contributed by atoms with Gasteiger partial charge >= 0.3 is 17.9 Å². The van der Waals surface area contributed by atoms with Gasteiger partial charge in [-0.3, -0.25) is 24.1 Å². The molecule has 4 aliphatic rings. The van der Waals surface area contributed by atoms with Crippen LogP contribution in [0.2, 0.25) is 0 Å². The SMILES string of the molecule is CO/N=C(\C(=O)N[C@@H]1C(=O)N2C(C(=O)OCCCCCOC(=O)c3cn4c5c(c(N6CCC(O)CC6)c(F)cc5c3=O)CCC4C)=C(COC(C)=O)CS[C@H]12)c1csc(N)n1. The molecule has 4 N–H and O–H groups in total. The van der Waals surface area contributed by atoms with Gasteiger partial charge in [0.1, 0.15) is 47.9 Å². The van der Waals surface area contributed by atoms with Crippen molar-refractivity contribution >= 4 is 80.3 Å². The van der Waals surface area contributed by atoms with Crippen LogP contribution in [0, 0.1) is 5.82 Å². The maximum Gasteiger partial charge on any atom is 0.355 e. The molecule has 1 aromatic carbocycles. The summed E-state index contributed by atoms with van der Waals surface area (Å²) in [5.41, 5.74) is 6.97. The van der Waals surface area contributed by atoms with Gasteiger partial charge in [0.05, 0.1) is 30.5 Å². The minimum Gasteiger partial charge on any atom is -0.462 e. The molecule has 2 aromatic heterocycles. The summed E-state index contributed by atoms with van der Waals surface area (Å²) in [5, 5.41) is 17.5. The molecule has 0 aliphatic carbocycles. The highest BCUT2D eigenvalue weighted by molar-refractivity contribution is 8.00. The summed E-state index contributed by atoms with van der Waals surface area (Å²) in [4.78, 5) is 90.7. The molecule has 2 saturated heterocycles. The van der Waals surface area contributed by atoms with E-state index in [0.29, 0.717) is 74.8 Å². The van der Waals surface area contributed by atoms with Crippen LogP contribution in [0.1, 0.15) is 80.0 Å². The Morgan fingerprint density at radius 3 is 2.46 bits per heavy atom. The number of amides is 2. The lowest BCUT2D eigenvalue weighted by atomic mass is 9.93. The normalized spacial score (nSPS) is 20.2. The van der Waals surface area contributed by atoms with Gasteiger partial charge in [-0.15, -0.1) is 23.1 Å². The molecule has 0 radical (unpaired) electrons. The number of hydrogen-bond donors (Lipinski definition) is 3. The number of β-lactam (4-membered cyclic amide) rings is 1. The number of piperidine rings is 1. The Morgan fingerprint density at radius 2 is 1.79 bits per heavy atom. The van der Waals surface area contributed by atoms with Crippen LogP contribution in [0.15, 0.2) is 38.9 Å². The zero-order chi connectivity index (χ0) is 43.5. The maximum atomic E-state index is 15.7. The molecule has 2 fully saturated rings. The highest BCUT2D eigenvalue weighted by atomic mass is 32.2. The van der Waals surface area contributed by atoms with Crippen molar-refractivity contribution < 1.29 is 52.5 Å². The molecule has 0 saturated carbocycles. The van der Waals surface area contributed by atoms with Gasteiger partial charge in [0.15, 0.2) is 10.8 Å². The van der Waals surface area contributed by atoms with E-state index in [4.69, 9.17) is 24.8 Å². The van der Waals surface area contributed by atoms with E-state index in [-0.39, 0.29) is 64.8 Å². The lowest BCUT2D eigenvalue weighted by Crippen LogP contribution is -2.71. The molecule has 1 unspecified atom stereocenters. The number of benzene rings is 1. The monoisotopic (exact) mass is 883 g/mol. The number of nitrogens with two attached hydrogens (primary N) is 1. The van der Waals surface area contributed by atoms with E-state index in [1.165, 1.54) is 48.3 Å². The number of carbonyl (C=O) groups excluding carboxylic acids is 5. The number of carbonyl (C=O) groups is 5. The molecule has 18 nitrogen and oxygen atoms in total. The number of halogens is 1. The van der Waals surface area contributed by atoms with Crippen LogP contribution in [0.25, 0.3) is 10.9 Å². The van der Waals surface area contributed by atoms with Crippen LogP contribution in [0.3, 0.4) is 0 Å². The van der Waals surface area contributed by atoms with E-state index in [2.05, 4.69) is 15.5 Å². The van der Waals surface area contributed by atoms with Crippen molar-refractivity contribution in [3.63, 3.8) is 0 Å². The van der Waals surface area contributed by atoms with Crippen molar-refractivity contribution in [2.75, 3.05) is 56.4 Å². The molecule has 7 rings (SSSR count). The standard InChI is InChI=1S/C40H46FN7O11S2/c1-20-7-8-24-32-25(15-27(41)33(24)46-11-9-23(50)10-12-46)34(51)26(16-47(20)32)38(54)57-13-5-4-6-14-58-39(55)31-22(17-59-21(2)49)18-60-37-30(36(53)48(31)37)44-35(52)29(45-56-3)28-19-61-40(42)43-28/h15-16,19-20,23,30,37,50H,4-14,17-18H2,1-3H3,(H2,42,43)(H,44,52)/b45-29-/t20?,30-,37-/m1/s1. The van der Waals surface area contributed by atoms with Gasteiger partial charge in [0, 0.05) is 59.9 Å². The Hall–Kier alpha value is -5.54. The largest absolute Gasteiger partial charge is 0.462 e. The summed E-state index contributed by atoms with van der Waals surface area (Å²) in [5.74, 6) is -3.87. The van der Waals surface area contributed by atoms with Gasteiger partial charge in [-0.1, -0.05) is 5.16 Å². The number of aliphatic hydroxyl groups is 1. The summed E-state index contributed by atoms with van der Waals surface area (Å²) < 4.78 is 33.8. The maximum absolute atomic E-state index is 15.7. The minimum absolute atomic E-state index is 0.0300. The first kappa shape index (κ1) is 43.5. The molecule has 326 valence electrons. The van der Waals surface area contributed by atoms with Gasteiger partial charge in [0.25, 0.3) is 11.8 Å². The summed E-state index contributed by atoms with van der Waals surface area (Å²) >= 11 is 2.36. The van der Waals surface area contributed by atoms with Gasteiger partial charge in [-0.05, 0) is 57.9 Å². The number of rotatable bonds is 15. The Morgan fingerprint density at radius 1 is 1.07 bits per heavy atom. The molecule has 21 heteroatoms. The molecule has 0 bridgehead atoms. The predicted octanol–water partition coefficient (Wildman–Crippen LogP) is 2.79. The second-order valence-electron chi connectivity index (χ2n) is 15.1. The first-order chi connectivity index (χ1) is 29.3. The number of nitrogen functional groups attached to an aromatic ring is 1. The van der Waals surface area contributed by atoms with Gasteiger partial charge in [-0.2, -0.15) is 0 Å². The van der Waals surface area contributed by atoms with Gasteiger partial charge in [-0.25, -0.2) is 19.0 Å². The predicted molar refractivity (Wildman–Crippen MR) is 222 cm³/mol. The molecular weight excluding hydrogens is 838 g/mol. The van der Waals surface area contributed by atoms with Crippen molar-refractivity contribution in [3.05, 3.63) is 61.8 Å². The number of oxime groups is 1. The number of anilines is 2. The quantitative estimate of drug-likeness (QED) is 0.0497. The van der Waals surface area contributed by atoms with Crippen LogP contribution in [-0.2, 0) is 44.6 Å². The van der Waals surface area contributed by atoms with Crippen LogP contribution < -0.4 is 21.4 Å². The number of aryl methyl sites for hydroxylation is 1. The number of aliphatic hydroxyl groups excluding tert-OH is 1. The van der Waals surface area contributed by atoms with Crippen molar-refractivity contribution in [2.45, 2.75) is 82.4 Å². The lowest BCUT2D eigenvalue weighted by Gasteiger charge is -2.49. The van der Waals surface area contributed by atoms with E-state index in [0.717, 1.165) is 16.9 Å². The number of aromatic nitrogens is 2. The highest BCUT2D eigenvalue weighted by Gasteiger charge is 2.55. The Kier molecular flexibility index (Phi) is 13.3. The number of unbranched alkanes of at least 4 members (excludes halogenated alkanes) is 2. The third-order valence-corrected chi connectivity index (χ3v) is 13.0. The van der Waals surface area contributed by atoms with E-state index in [1.54, 1.807) is 0 Å². The van der Waals surface area contributed by atoms with Crippen LogP contribution in [0.5, 0.6) is 0 Å². The van der Waals surface area contributed by atoms with Crippen molar-refractivity contribution in [2.24, 2.45) is 5.16 Å². The summed E-state index contributed by atoms with van der Waals surface area (Å²) in [7, 11) is 1.25.